The molecule has 0 aliphatic carbocycles. The zero-order valence-electron chi connectivity index (χ0n) is 20.0. The highest BCUT2D eigenvalue weighted by molar-refractivity contribution is 6.00. The van der Waals surface area contributed by atoms with Crippen molar-refractivity contribution in [3.05, 3.63) is 58.0 Å². The van der Waals surface area contributed by atoms with Gasteiger partial charge in [0, 0.05) is 57.1 Å². The minimum atomic E-state index is -0.302. The highest BCUT2D eigenvalue weighted by atomic mass is 16.2. The van der Waals surface area contributed by atoms with Gasteiger partial charge in [-0.25, -0.2) is 4.79 Å². The maximum atomic E-state index is 12.8. The summed E-state index contributed by atoms with van der Waals surface area (Å²) in [6, 6.07) is 11.2. The second kappa shape index (κ2) is 9.25. The van der Waals surface area contributed by atoms with Gasteiger partial charge < -0.3 is 25.0 Å². The Morgan fingerprint density at radius 1 is 1.00 bits per heavy atom. The van der Waals surface area contributed by atoms with Crippen LogP contribution in [0.1, 0.15) is 43.4 Å². The van der Waals surface area contributed by atoms with Crippen molar-refractivity contribution in [3.8, 4) is 0 Å². The number of pyridine rings is 1. The Balaban J connectivity index is 1.33. The van der Waals surface area contributed by atoms with Crippen LogP contribution in [0.2, 0.25) is 0 Å². The quantitative estimate of drug-likeness (QED) is 0.648. The number of fused-ring (bicyclic) bond motifs is 4. The molecule has 2 aromatic rings. The zero-order chi connectivity index (χ0) is 23.8. The van der Waals surface area contributed by atoms with Gasteiger partial charge in [-0.1, -0.05) is 17.7 Å². The van der Waals surface area contributed by atoms with Crippen molar-refractivity contribution in [2.45, 2.75) is 51.6 Å². The fourth-order valence-electron chi connectivity index (χ4n) is 6.13. The lowest BCUT2D eigenvalue weighted by Crippen LogP contribution is -3.18. The van der Waals surface area contributed by atoms with Crippen LogP contribution in [0.4, 0.5) is 16.2 Å². The smallest absolute Gasteiger partial charge is 0.323 e. The van der Waals surface area contributed by atoms with E-state index in [-0.39, 0.29) is 23.4 Å². The molecule has 3 N–H and O–H groups in total. The summed E-state index contributed by atoms with van der Waals surface area (Å²) in [5.41, 5.74) is 3.55. The molecule has 8 nitrogen and oxygen atoms in total. The monoisotopic (exact) mass is 464 g/mol. The normalized spacial score (nSPS) is 24.3. The summed E-state index contributed by atoms with van der Waals surface area (Å²) >= 11 is 0. The summed E-state index contributed by atoms with van der Waals surface area (Å²) in [6.45, 7) is 8.05. The molecule has 3 aliphatic heterocycles. The highest BCUT2D eigenvalue weighted by Gasteiger charge is 2.42. The van der Waals surface area contributed by atoms with Crippen LogP contribution in [-0.2, 0) is 11.3 Å². The zero-order valence-corrected chi connectivity index (χ0v) is 20.0. The van der Waals surface area contributed by atoms with Gasteiger partial charge in [0.05, 0.1) is 36.4 Å². The summed E-state index contributed by atoms with van der Waals surface area (Å²) in [4.78, 5) is 40.7. The van der Waals surface area contributed by atoms with Gasteiger partial charge in [0.15, 0.2) is 0 Å². The molecular weight excluding hydrogens is 430 g/mol. The molecule has 3 atom stereocenters. The van der Waals surface area contributed by atoms with Crippen LogP contribution in [0, 0.1) is 12.8 Å². The predicted octanol–water partition coefficient (Wildman–Crippen LogP) is 1.81. The fourth-order valence-corrected chi connectivity index (χ4v) is 6.13. The number of piperidine rings is 2. The number of anilines is 2. The van der Waals surface area contributed by atoms with Gasteiger partial charge in [-0.2, -0.15) is 0 Å². The number of amides is 3. The van der Waals surface area contributed by atoms with Gasteiger partial charge in [0.25, 0.3) is 5.56 Å². The lowest BCUT2D eigenvalue weighted by Gasteiger charge is -2.45. The van der Waals surface area contributed by atoms with E-state index in [4.69, 9.17) is 0 Å². The number of likely N-dealkylation sites (tertiary alicyclic amines) is 2. The molecule has 3 amide bonds. The van der Waals surface area contributed by atoms with Crippen LogP contribution >= 0.6 is 0 Å². The first-order valence-corrected chi connectivity index (χ1v) is 12.4. The third-order valence-electron chi connectivity index (χ3n) is 7.81. The van der Waals surface area contributed by atoms with E-state index in [1.165, 1.54) is 0 Å². The molecule has 0 saturated carbocycles. The van der Waals surface area contributed by atoms with Gasteiger partial charge in [0.2, 0.25) is 5.91 Å². The molecular formula is C26H34N5O3+. The van der Waals surface area contributed by atoms with E-state index in [1.54, 1.807) is 24.0 Å². The van der Waals surface area contributed by atoms with Crippen molar-refractivity contribution in [1.29, 1.82) is 0 Å². The third kappa shape index (κ3) is 4.59. The number of hydrogen-bond donors (Lipinski definition) is 3. The number of rotatable bonds is 3. The number of nitrogens with one attached hydrogen (secondary N) is 3. The molecule has 0 radical (unpaired) electrons. The van der Waals surface area contributed by atoms with Crippen LogP contribution < -0.4 is 21.1 Å². The summed E-state index contributed by atoms with van der Waals surface area (Å²) in [5.74, 6) is 0.857. The first-order chi connectivity index (χ1) is 16.4. The Hall–Kier alpha value is -3.13. The van der Waals surface area contributed by atoms with Crippen molar-refractivity contribution in [3.63, 3.8) is 0 Å². The molecule has 34 heavy (non-hydrogen) atoms. The van der Waals surface area contributed by atoms with Crippen molar-refractivity contribution in [1.82, 2.24) is 9.47 Å². The van der Waals surface area contributed by atoms with Crippen LogP contribution in [0.25, 0.3) is 0 Å². The summed E-state index contributed by atoms with van der Waals surface area (Å²) < 4.78 is 1.88. The summed E-state index contributed by atoms with van der Waals surface area (Å²) in [5, 5.41) is 5.91. The minimum Gasteiger partial charge on any atom is -0.342 e. The molecule has 4 heterocycles. The van der Waals surface area contributed by atoms with E-state index in [2.05, 4.69) is 10.6 Å². The molecule has 1 aromatic heterocycles. The second-order valence-electron chi connectivity index (χ2n) is 10.2. The van der Waals surface area contributed by atoms with E-state index in [1.807, 2.05) is 40.7 Å². The molecule has 1 aromatic carbocycles. The molecule has 2 saturated heterocycles. The van der Waals surface area contributed by atoms with Gasteiger partial charge in [-0.05, 0) is 31.5 Å². The molecule has 0 spiro atoms. The Morgan fingerprint density at radius 3 is 2.44 bits per heavy atom. The maximum absolute atomic E-state index is 12.8. The van der Waals surface area contributed by atoms with Gasteiger partial charge in [-0.3, -0.25) is 9.59 Å². The Morgan fingerprint density at radius 2 is 1.74 bits per heavy atom. The Labute approximate surface area is 199 Å². The number of benzene rings is 1. The van der Waals surface area contributed by atoms with Crippen LogP contribution in [-0.4, -0.2) is 53.6 Å². The Kier molecular flexibility index (Phi) is 6.16. The number of aryl methyl sites for hydroxylation is 1. The summed E-state index contributed by atoms with van der Waals surface area (Å²) in [7, 11) is 0. The van der Waals surface area contributed by atoms with E-state index in [0.717, 1.165) is 68.1 Å². The summed E-state index contributed by atoms with van der Waals surface area (Å²) in [6.07, 6.45) is 3.10. The third-order valence-corrected chi connectivity index (χ3v) is 7.81. The Bertz CT molecular complexity index is 1130. The number of aromatic nitrogens is 1. The van der Waals surface area contributed by atoms with Gasteiger partial charge >= 0.3 is 6.03 Å². The SMILES string of the molecule is CC(=O)N1CCC([NH+]2C[C@@H]3C[C@H](C2)c2c(NC(=O)Nc4ccc(C)cc4)ccc(=O)n2C3)CC1. The van der Waals surface area contributed by atoms with Crippen LogP contribution in [0.3, 0.4) is 0 Å². The van der Waals surface area contributed by atoms with E-state index < -0.39 is 0 Å². The molecule has 8 heteroatoms. The molecule has 1 unspecified atom stereocenters. The first kappa shape index (κ1) is 22.7. The van der Waals surface area contributed by atoms with E-state index in [0.29, 0.717) is 18.5 Å². The van der Waals surface area contributed by atoms with Gasteiger partial charge in [-0.15, -0.1) is 0 Å². The molecule has 2 fully saturated rings. The van der Waals surface area contributed by atoms with E-state index in [9.17, 15) is 14.4 Å². The molecule has 180 valence electrons. The van der Waals surface area contributed by atoms with Crippen molar-refractivity contribution in [2.75, 3.05) is 36.8 Å². The van der Waals surface area contributed by atoms with Crippen LogP contribution in [0.15, 0.2) is 41.2 Å². The van der Waals surface area contributed by atoms with Crippen LogP contribution in [0.5, 0.6) is 0 Å². The number of nitrogens with zero attached hydrogens (tertiary/aromatic N) is 2. The molecule has 3 aliphatic rings. The molecule has 2 bridgehead atoms. The lowest BCUT2D eigenvalue weighted by atomic mass is 9.81. The average Bonchev–Trinajstić information content (AvgIpc) is 2.82. The number of urea groups is 1. The fraction of sp³-hybridized carbons (Fsp3) is 0.500. The number of quaternary nitrogens is 1. The molecule has 5 rings (SSSR count). The maximum Gasteiger partial charge on any atom is 0.323 e. The topological polar surface area (TPSA) is 87.9 Å². The lowest BCUT2D eigenvalue weighted by molar-refractivity contribution is -0.937. The van der Waals surface area contributed by atoms with Crippen molar-refractivity contribution >= 4 is 23.3 Å². The highest BCUT2D eigenvalue weighted by Crippen LogP contribution is 2.35. The second-order valence-corrected chi connectivity index (χ2v) is 10.2. The minimum absolute atomic E-state index is 0.00686. The number of hydrogen-bond acceptors (Lipinski definition) is 3. The number of carbonyl (C=O) groups is 2. The average molecular weight is 465 g/mol. The van der Waals surface area contributed by atoms with E-state index >= 15 is 0 Å². The van der Waals surface area contributed by atoms with Crippen molar-refractivity contribution in [2.24, 2.45) is 5.92 Å². The first-order valence-electron chi connectivity index (χ1n) is 12.4. The largest absolute Gasteiger partial charge is 0.342 e. The number of carbonyl (C=O) groups excluding carboxylic acids is 2. The standard InChI is InChI=1S/C26H33N5O3/c1-17-3-5-21(6-4-17)27-26(34)28-23-7-8-24(33)31-15-19-13-20(25(23)31)16-30(14-19)22-9-11-29(12-10-22)18(2)32/h3-8,19-20,22H,9-16H2,1-2H3,(H2,27,28,34)/p+1/t19-,20+/m0/s1. The van der Waals surface area contributed by atoms with Crippen molar-refractivity contribution < 1.29 is 14.5 Å². The predicted molar refractivity (Wildman–Crippen MR) is 131 cm³/mol. The van der Waals surface area contributed by atoms with Gasteiger partial charge in [0.1, 0.15) is 0 Å².